The summed E-state index contributed by atoms with van der Waals surface area (Å²) in [6.07, 6.45) is 0. The third-order valence-corrected chi connectivity index (χ3v) is 12.0. The lowest BCUT2D eigenvalue weighted by Gasteiger charge is -2.29. The number of anilines is 5. The fourth-order valence-corrected chi connectivity index (χ4v) is 8.97. The lowest BCUT2D eigenvalue weighted by Crippen LogP contribution is -2.10. The van der Waals surface area contributed by atoms with E-state index < -0.39 is 0 Å². The van der Waals surface area contributed by atoms with E-state index in [9.17, 15) is 0 Å². The van der Waals surface area contributed by atoms with Gasteiger partial charge in [-0.2, -0.15) is 0 Å². The highest BCUT2D eigenvalue weighted by molar-refractivity contribution is 6.05. The van der Waals surface area contributed by atoms with Gasteiger partial charge >= 0.3 is 0 Å². The Bertz CT molecular complexity index is 3070. The van der Waals surface area contributed by atoms with Crippen LogP contribution in [-0.2, 0) is 0 Å². The Morgan fingerprint density at radius 1 is 0.210 bits per heavy atom. The molecule has 0 unspecified atom stereocenters. The van der Waals surface area contributed by atoms with Gasteiger partial charge in [0.05, 0.1) is 0 Å². The third kappa shape index (κ3) is 7.04. The molecule has 0 fully saturated rings. The summed E-state index contributed by atoms with van der Waals surface area (Å²) < 4.78 is 0. The molecule has 2 heteroatoms. The van der Waals surface area contributed by atoms with Gasteiger partial charge in [-0.15, -0.1) is 0 Å². The Kier molecular flexibility index (Phi) is 9.57. The Hall–Kier alpha value is -8.20. The van der Waals surface area contributed by atoms with Crippen LogP contribution in [0, 0.1) is 0 Å². The molecule has 62 heavy (non-hydrogen) atoms. The zero-order valence-corrected chi connectivity index (χ0v) is 34.1. The van der Waals surface area contributed by atoms with E-state index in [-0.39, 0.29) is 0 Å². The van der Waals surface area contributed by atoms with Crippen LogP contribution in [0.1, 0.15) is 0 Å². The number of nitrogens with one attached hydrogen (secondary N) is 1. The molecule has 2 nitrogen and oxygen atoms in total. The van der Waals surface area contributed by atoms with Gasteiger partial charge in [-0.25, -0.2) is 0 Å². The van der Waals surface area contributed by atoms with Gasteiger partial charge in [0.15, 0.2) is 0 Å². The van der Waals surface area contributed by atoms with Gasteiger partial charge in [0.25, 0.3) is 0 Å². The molecule has 292 valence electrons. The molecule has 0 aromatic heterocycles. The van der Waals surface area contributed by atoms with Gasteiger partial charge in [-0.05, 0) is 139 Å². The molecule has 0 saturated heterocycles. The van der Waals surface area contributed by atoms with E-state index in [2.05, 4.69) is 259 Å². The van der Waals surface area contributed by atoms with Gasteiger partial charge in [-0.1, -0.05) is 188 Å². The first-order chi connectivity index (χ1) is 30.7. The van der Waals surface area contributed by atoms with Gasteiger partial charge in [0, 0.05) is 28.4 Å². The van der Waals surface area contributed by atoms with E-state index in [0.717, 1.165) is 28.4 Å². The molecule has 0 aliphatic heterocycles. The minimum Gasteiger partial charge on any atom is -0.356 e. The summed E-state index contributed by atoms with van der Waals surface area (Å²) in [7, 11) is 0. The summed E-state index contributed by atoms with van der Waals surface area (Å²) >= 11 is 0. The molecule has 0 amide bonds. The maximum atomic E-state index is 3.76. The van der Waals surface area contributed by atoms with Crippen molar-refractivity contribution in [2.45, 2.75) is 0 Å². The van der Waals surface area contributed by atoms with Crippen molar-refractivity contribution >= 4 is 28.4 Å². The van der Waals surface area contributed by atoms with Crippen molar-refractivity contribution in [2.24, 2.45) is 0 Å². The molecule has 1 N–H and O–H groups in total. The van der Waals surface area contributed by atoms with E-state index in [1.807, 2.05) is 0 Å². The summed E-state index contributed by atoms with van der Waals surface area (Å²) in [5, 5.41) is 3.76. The van der Waals surface area contributed by atoms with E-state index in [0.29, 0.717) is 0 Å². The topological polar surface area (TPSA) is 15.3 Å². The molecule has 0 bridgehead atoms. The van der Waals surface area contributed by atoms with Crippen molar-refractivity contribution < 1.29 is 0 Å². The van der Waals surface area contributed by atoms with Crippen molar-refractivity contribution in [3.63, 3.8) is 0 Å². The average molecular weight is 791 g/mol. The van der Waals surface area contributed by atoms with Crippen molar-refractivity contribution in [1.82, 2.24) is 0 Å². The zero-order chi connectivity index (χ0) is 41.2. The normalized spacial score (nSPS) is 11.2. The molecular weight excluding hydrogens is 749 g/mol. The summed E-state index contributed by atoms with van der Waals surface area (Å²) in [6, 6.07) is 89.9. The number of fused-ring (bicyclic) bond motifs is 8. The van der Waals surface area contributed by atoms with Gasteiger partial charge in [0.1, 0.15) is 0 Å². The van der Waals surface area contributed by atoms with Crippen molar-refractivity contribution in [3.05, 3.63) is 249 Å². The smallest absolute Gasteiger partial charge is 0.0468 e. The maximum Gasteiger partial charge on any atom is 0.0468 e. The molecule has 0 heterocycles. The molecule has 0 spiro atoms. The summed E-state index contributed by atoms with van der Waals surface area (Å²) in [4.78, 5) is 2.39. The average Bonchev–Trinajstić information content (AvgIpc) is 3.35. The Morgan fingerprint density at radius 2 is 0.516 bits per heavy atom. The van der Waals surface area contributed by atoms with Crippen LogP contribution >= 0.6 is 0 Å². The highest BCUT2D eigenvalue weighted by Crippen LogP contribution is 2.50. The van der Waals surface area contributed by atoms with Gasteiger partial charge in [0.2, 0.25) is 0 Å². The predicted molar refractivity (Wildman–Crippen MR) is 262 cm³/mol. The molecule has 10 aromatic carbocycles. The van der Waals surface area contributed by atoms with Crippen LogP contribution in [0.2, 0.25) is 0 Å². The summed E-state index contributed by atoms with van der Waals surface area (Å²) in [6.45, 7) is 0. The number of hydrogen-bond donors (Lipinski definition) is 1. The quantitative estimate of drug-likeness (QED) is 0.165. The van der Waals surface area contributed by atoms with Crippen LogP contribution in [0.4, 0.5) is 28.4 Å². The van der Waals surface area contributed by atoms with E-state index in [4.69, 9.17) is 0 Å². The molecule has 0 radical (unpaired) electrons. The minimum absolute atomic E-state index is 1.03. The van der Waals surface area contributed by atoms with Crippen molar-refractivity contribution in [3.8, 4) is 77.9 Å². The van der Waals surface area contributed by atoms with Crippen LogP contribution in [-0.4, -0.2) is 0 Å². The third-order valence-electron chi connectivity index (χ3n) is 12.0. The standard InChI is InChI=1S/C60H42N2/c1-4-14-42(15-5-1)45-24-30-48(31-25-45)61-49-32-38-57-55-22-12-10-20-53(55)54-21-11-13-23-56(54)58-39-37-52(41-60(58)59(57)40-49)62(50-33-26-46(27-34-50)43-16-6-2-7-17-43)51-35-28-47(29-36-51)44-18-8-3-9-19-44/h1-41,61H. The highest BCUT2D eigenvalue weighted by Gasteiger charge is 2.24. The second kappa shape index (κ2) is 16.1. The van der Waals surface area contributed by atoms with E-state index in [1.165, 1.54) is 77.9 Å². The molecular formula is C60H42N2. The van der Waals surface area contributed by atoms with Gasteiger partial charge in [-0.3, -0.25) is 0 Å². The molecule has 1 aliphatic rings. The molecule has 0 atom stereocenters. The van der Waals surface area contributed by atoms with Crippen LogP contribution in [0.15, 0.2) is 249 Å². The Balaban J connectivity index is 1.07. The molecule has 1 aliphatic carbocycles. The van der Waals surface area contributed by atoms with E-state index in [1.54, 1.807) is 0 Å². The van der Waals surface area contributed by atoms with Crippen LogP contribution in [0.25, 0.3) is 77.9 Å². The van der Waals surface area contributed by atoms with Gasteiger partial charge < -0.3 is 10.2 Å². The van der Waals surface area contributed by atoms with Crippen LogP contribution < -0.4 is 10.2 Å². The van der Waals surface area contributed by atoms with E-state index >= 15 is 0 Å². The second-order valence-electron chi connectivity index (χ2n) is 15.8. The largest absolute Gasteiger partial charge is 0.356 e. The number of benzene rings is 10. The Labute approximate surface area is 363 Å². The first-order valence-electron chi connectivity index (χ1n) is 21.2. The number of hydrogen-bond acceptors (Lipinski definition) is 2. The SMILES string of the molecule is c1ccc(-c2ccc(Nc3ccc4c(c3)-c3cc(N(c5ccc(-c6ccccc6)cc5)c5ccc(-c6ccccc6)cc5)ccc3-c3ccccc3-c3ccccc3-4)cc2)cc1. The summed E-state index contributed by atoms with van der Waals surface area (Å²) in [5.41, 5.74) is 22.1. The van der Waals surface area contributed by atoms with Crippen LogP contribution in [0.3, 0.4) is 0 Å². The zero-order valence-electron chi connectivity index (χ0n) is 34.1. The fourth-order valence-electron chi connectivity index (χ4n) is 8.97. The Morgan fingerprint density at radius 3 is 0.952 bits per heavy atom. The summed E-state index contributed by atoms with van der Waals surface area (Å²) in [5.74, 6) is 0. The van der Waals surface area contributed by atoms with Crippen molar-refractivity contribution in [1.29, 1.82) is 0 Å². The monoisotopic (exact) mass is 790 g/mol. The lowest BCUT2D eigenvalue weighted by atomic mass is 9.80. The maximum absolute atomic E-state index is 3.76. The molecule has 10 aromatic rings. The minimum atomic E-state index is 1.03. The lowest BCUT2D eigenvalue weighted by molar-refractivity contribution is 1.28. The van der Waals surface area contributed by atoms with Crippen molar-refractivity contribution in [2.75, 3.05) is 10.2 Å². The first kappa shape index (κ1) is 36.8. The number of rotatable bonds is 8. The molecule has 0 saturated carbocycles. The van der Waals surface area contributed by atoms with Crippen LogP contribution in [0.5, 0.6) is 0 Å². The highest BCUT2D eigenvalue weighted by atomic mass is 15.1. The second-order valence-corrected chi connectivity index (χ2v) is 15.8. The first-order valence-corrected chi connectivity index (χ1v) is 21.2. The fraction of sp³-hybridized carbons (Fsp3) is 0. The predicted octanol–water partition coefficient (Wildman–Crippen LogP) is 16.9. The number of nitrogens with zero attached hydrogens (tertiary/aromatic N) is 1. The molecule has 11 rings (SSSR count).